The summed E-state index contributed by atoms with van der Waals surface area (Å²) in [7, 11) is 1.81. The summed E-state index contributed by atoms with van der Waals surface area (Å²) in [5.74, 6) is 0.156. The molecule has 0 radical (unpaired) electrons. The van der Waals surface area contributed by atoms with E-state index in [2.05, 4.69) is 27.6 Å². The molecule has 0 saturated heterocycles. The molecule has 19 heavy (non-hydrogen) atoms. The number of Topliss-reactive ketones (excluding diaryl/α,β-unsaturated/α-hetero) is 1. The van der Waals surface area contributed by atoms with Gasteiger partial charge in [0.15, 0.2) is 0 Å². The van der Waals surface area contributed by atoms with Gasteiger partial charge in [-0.05, 0) is 39.7 Å². The Hall–Kier alpha value is -1.42. The van der Waals surface area contributed by atoms with Crippen molar-refractivity contribution in [3.05, 3.63) is 30.4 Å². The van der Waals surface area contributed by atoms with Crippen LogP contribution in [0.25, 0.3) is 0 Å². The van der Waals surface area contributed by atoms with Gasteiger partial charge in [-0.3, -0.25) is 4.79 Å². The predicted molar refractivity (Wildman–Crippen MR) is 76.1 cm³/mol. The maximum atomic E-state index is 11.4. The first-order valence-corrected chi connectivity index (χ1v) is 6.97. The first-order chi connectivity index (χ1) is 9.10. The Morgan fingerprint density at radius 1 is 1.68 bits per heavy atom. The molecule has 1 aromatic heterocycles. The molecule has 104 valence electrons. The van der Waals surface area contributed by atoms with Crippen LogP contribution in [0.4, 0.5) is 0 Å². The number of imidazole rings is 1. The summed E-state index contributed by atoms with van der Waals surface area (Å²) in [5, 5.41) is 3.03. The zero-order valence-corrected chi connectivity index (χ0v) is 11.9. The fourth-order valence-electron chi connectivity index (χ4n) is 2.72. The lowest BCUT2D eigenvalue weighted by Gasteiger charge is -2.24. The summed E-state index contributed by atoms with van der Waals surface area (Å²) in [4.78, 5) is 15.8. The molecule has 2 rings (SSSR count). The molecule has 1 aromatic rings. The number of carbonyl (C=O) groups excluding carboxylic acids is 1. The summed E-state index contributed by atoms with van der Waals surface area (Å²) in [5.41, 5.74) is 2.31. The highest BCUT2D eigenvalue weighted by atomic mass is 16.1. The van der Waals surface area contributed by atoms with Crippen molar-refractivity contribution in [3.8, 4) is 0 Å². The molecule has 2 unspecified atom stereocenters. The van der Waals surface area contributed by atoms with Gasteiger partial charge < -0.3 is 9.88 Å². The number of allylic oxidation sites excluding steroid dienone is 1. The first kappa shape index (κ1) is 14.0. The highest BCUT2D eigenvalue weighted by molar-refractivity contribution is 5.81. The lowest BCUT2D eigenvalue weighted by molar-refractivity contribution is -0.118. The van der Waals surface area contributed by atoms with Gasteiger partial charge in [0.1, 0.15) is 5.78 Å². The Morgan fingerprint density at radius 3 is 3.11 bits per heavy atom. The summed E-state index contributed by atoms with van der Waals surface area (Å²) in [6.45, 7) is 5.71. The molecule has 1 aliphatic rings. The third-order valence-electron chi connectivity index (χ3n) is 3.92. The minimum absolute atomic E-state index is 0.135. The highest BCUT2D eigenvalue weighted by Crippen LogP contribution is 2.31. The van der Waals surface area contributed by atoms with Crippen molar-refractivity contribution < 1.29 is 4.79 Å². The van der Waals surface area contributed by atoms with Gasteiger partial charge in [-0.2, -0.15) is 0 Å². The second kappa shape index (κ2) is 6.15. The fourth-order valence-corrected chi connectivity index (χ4v) is 2.72. The van der Waals surface area contributed by atoms with Crippen molar-refractivity contribution in [1.29, 1.82) is 0 Å². The van der Waals surface area contributed by atoms with E-state index in [1.54, 1.807) is 6.92 Å². The van der Waals surface area contributed by atoms with Gasteiger partial charge in [0, 0.05) is 18.7 Å². The molecule has 1 aliphatic carbocycles. The Bertz CT molecular complexity index is 464. The average Bonchev–Trinajstić information content (AvgIpc) is 2.84. The lowest BCUT2D eigenvalue weighted by atomic mass is 9.92. The fraction of sp³-hybridized carbons (Fsp3) is 0.600. The molecular weight excluding hydrogens is 238 g/mol. The normalized spacial score (nSPS) is 21.4. The summed E-state index contributed by atoms with van der Waals surface area (Å²) < 4.78 is 2.19. The molecule has 4 nitrogen and oxygen atoms in total. The van der Waals surface area contributed by atoms with Crippen molar-refractivity contribution in [3.63, 3.8) is 0 Å². The number of ketones is 1. The van der Waals surface area contributed by atoms with E-state index in [9.17, 15) is 4.79 Å². The van der Waals surface area contributed by atoms with Crippen molar-refractivity contribution in [1.82, 2.24) is 14.9 Å². The van der Waals surface area contributed by atoms with Gasteiger partial charge in [0.25, 0.3) is 0 Å². The summed E-state index contributed by atoms with van der Waals surface area (Å²) in [6.07, 6.45) is 9.25. The number of nitrogens with one attached hydrogen (secondary N) is 1. The highest BCUT2D eigenvalue weighted by Gasteiger charge is 2.19. The summed E-state index contributed by atoms with van der Waals surface area (Å²) in [6, 6.07) is 0.359. The van der Waals surface area contributed by atoms with Crippen LogP contribution in [0, 0.1) is 0 Å². The molecule has 0 aliphatic heterocycles. The van der Waals surface area contributed by atoms with Crippen LogP contribution in [0.5, 0.6) is 0 Å². The maximum absolute atomic E-state index is 11.4. The third-order valence-corrected chi connectivity index (χ3v) is 3.92. The topological polar surface area (TPSA) is 46.9 Å². The number of aromatic nitrogens is 2. The van der Waals surface area contributed by atoms with Crippen LogP contribution in [0.2, 0.25) is 0 Å². The second-order valence-corrected chi connectivity index (χ2v) is 5.47. The number of hydrogen-bond acceptors (Lipinski definition) is 3. The van der Waals surface area contributed by atoms with E-state index in [-0.39, 0.29) is 11.8 Å². The van der Waals surface area contributed by atoms with Gasteiger partial charge in [0.2, 0.25) is 0 Å². The van der Waals surface area contributed by atoms with Crippen LogP contribution >= 0.6 is 0 Å². The van der Waals surface area contributed by atoms with Crippen LogP contribution in [-0.4, -0.2) is 28.4 Å². The summed E-state index contributed by atoms with van der Waals surface area (Å²) >= 11 is 0. The molecule has 0 bridgehead atoms. The largest absolute Gasteiger partial charge is 0.334 e. The number of nitrogens with zero attached hydrogens (tertiary/aromatic N) is 2. The van der Waals surface area contributed by atoms with Gasteiger partial charge >= 0.3 is 0 Å². The molecule has 0 amide bonds. The molecule has 2 atom stereocenters. The van der Waals surface area contributed by atoms with Crippen LogP contribution in [-0.2, 0) is 11.2 Å². The quantitative estimate of drug-likeness (QED) is 0.827. The predicted octanol–water partition coefficient (Wildman–Crippen LogP) is 2.27. The smallest absolute Gasteiger partial charge is 0.147 e. The van der Waals surface area contributed by atoms with Crippen LogP contribution in [0.3, 0.4) is 0 Å². The van der Waals surface area contributed by atoms with E-state index in [0.717, 1.165) is 18.5 Å². The first-order valence-electron chi connectivity index (χ1n) is 6.97. The molecule has 0 aromatic carbocycles. The van der Waals surface area contributed by atoms with Crippen molar-refractivity contribution in [2.75, 3.05) is 7.05 Å². The lowest BCUT2D eigenvalue weighted by Crippen LogP contribution is -2.34. The van der Waals surface area contributed by atoms with Crippen LogP contribution in [0.1, 0.15) is 44.3 Å². The van der Waals surface area contributed by atoms with Gasteiger partial charge in [-0.15, -0.1) is 0 Å². The SMILES string of the molecule is C=C1CCCC(n2cnc(CC(NC)C(C)=O)c2)C1. The van der Waals surface area contributed by atoms with E-state index >= 15 is 0 Å². The zero-order chi connectivity index (χ0) is 13.8. The van der Waals surface area contributed by atoms with Crippen molar-refractivity contribution >= 4 is 5.78 Å². The van der Waals surface area contributed by atoms with Gasteiger partial charge in [0.05, 0.1) is 18.1 Å². The van der Waals surface area contributed by atoms with E-state index < -0.39 is 0 Å². The molecule has 4 heteroatoms. The van der Waals surface area contributed by atoms with Crippen molar-refractivity contribution in [2.45, 2.75) is 51.1 Å². The number of rotatable bonds is 5. The van der Waals surface area contributed by atoms with Gasteiger partial charge in [-0.1, -0.05) is 12.2 Å². The standard InChI is InChI=1S/C15H23N3O/c1-11-5-4-6-14(7-11)18-9-13(17-10-18)8-15(16-3)12(2)19/h9-10,14-16H,1,4-8H2,2-3H3. The van der Waals surface area contributed by atoms with E-state index in [1.165, 1.54) is 18.4 Å². The Labute approximate surface area is 114 Å². The molecule has 1 saturated carbocycles. The molecule has 1 fully saturated rings. The average molecular weight is 261 g/mol. The monoisotopic (exact) mass is 261 g/mol. The van der Waals surface area contributed by atoms with Crippen LogP contribution in [0.15, 0.2) is 24.7 Å². The number of carbonyl (C=O) groups is 1. The molecule has 0 spiro atoms. The molecular formula is C15H23N3O. The Balaban J connectivity index is 2.02. The zero-order valence-electron chi connectivity index (χ0n) is 11.9. The number of hydrogen-bond donors (Lipinski definition) is 1. The maximum Gasteiger partial charge on any atom is 0.147 e. The van der Waals surface area contributed by atoms with E-state index in [4.69, 9.17) is 0 Å². The van der Waals surface area contributed by atoms with E-state index in [1.807, 2.05) is 13.4 Å². The minimum atomic E-state index is -0.135. The third kappa shape index (κ3) is 3.53. The molecule has 1 heterocycles. The molecule has 1 N–H and O–H groups in total. The minimum Gasteiger partial charge on any atom is -0.334 e. The number of likely N-dealkylation sites (N-methyl/N-ethyl adjacent to an activating group) is 1. The van der Waals surface area contributed by atoms with Gasteiger partial charge in [-0.25, -0.2) is 4.98 Å². The Kier molecular flexibility index (Phi) is 4.53. The van der Waals surface area contributed by atoms with E-state index in [0.29, 0.717) is 12.5 Å². The van der Waals surface area contributed by atoms with Crippen molar-refractivity contribution in [2.24, 2.45) is 0 Å². The van der Waals surface area contributed by atoms with Crippen LogP contribution < -0.4 is 5.32 Å². The Morgan fingerprint density at radius 2 is 2.47 bits per heavy atom. The second-order valence-electron chi connectivity index (χ2n) is 5.47.